The Morgan fingerprint density at radius 3 is 2.88 bits per heavy atom. The Labute approximate surface area is 145 Å². The number of fused-ring (bicyclic) bond motifs is 1. The zero-order valence-electron chi connectivity index (χ0n) is 14.0. The largest absolute Gasteiger partial charge is 0.373 e. The van der Waals surface area contributed by atoms with Gasteiger partial charge in [-0.1, -0.05) is 12.8 Å². The molecule has 1 aromatic carbocycles. The molecule has 2 aliphatic heterocycles. The SMILES string of the molecule is O=C1CCc2cc(F)cc(NC(=O)N[C@@H]3COC4(CCCC4)C3)c2N1. The summed E-state index contributed by atoms with van der Waals surface area (Å²) in [6.45, 7) is 0.505. The van der Waals surface area contributed by atoms with Crippen LogP contribution >= 0.6 is 0 Å². The van der Waals surface area contributed by atoms with E-state index in [1.807, 2.05) is 0 Å². The van der Waals surface area contributed by atoms with E-state index >= 15 is 0 Å². The number of hydrogen-bond donors (Lipinski definition) is 3. The summed E-state index contributed by atoms with van der Waals surface area (Å²) in [6.07, 6.45) is 6.06. The number of carbonyl (C=O) groups excluding carboxylic acids is 2. The molecule has 25 heavy (non-hydrogen) atoms. The summed E-state index contributed by atoms with van der Waals surface area (Å²) in [5.41, 5.74) is 1.41. The number of anilines is 2. The fraction of sp³-hybridized carbons (Fsp3) is 0.556. The molecular formula is C18H22FN3O3. The molecule has 3 aliphatic rings. The maximum atomic E-state index is 13.8. The molecule has 6 nitrogen and oxygen atoms in total. The van der Waals surface area contributed by atoms with Crippen LogP contribution in [0.15, 0.2) is 12.1 Å². The second-order valence-corrected chi connectivity index (χ2v) is 7.24. The molecule has 0 bridgehead atoms. The minimum Gasteiger partial charge on any atom is -0.373 e. The summed E-state index contributed by atoms with van der Waals surface area (Å²) in [5.74, 6) is -0.561. The predicted molar refractivity (Wildman–Crippen MR) is 91.1 cm³/mol. The molecule has 3 N–H and O–H groups in total. The van der Waals surface area contributed by atoms with Crippen molar-refractivity contribution >= 4 is 23.3 Å². The van der Waals surface area contributed by atoms with E-state index in [1.54, 1.807) is 0 Å². The van der Waals surface area contributed by atoms with Crippen LogP contribution in [-0.2, 0) is 16.0 Å². The van der Waals surface area contributed by atoms with Crippen LogP contribution in [0.3, 0.4) is 0 Å². The van der Waals surface area contributed by atoms with Gasteiger partial charge >= 0.3 is 6.03 Å². The number of urea groups is 1. The van der Waals surface area contributed by atoms with Crippen molar-refractivity contribution in [3.8, 4) is 0 Å². The predicted octanol–water partition coefficient (Wildman–Crippen LogP) is 2.93. The van der Waals surface area contributed by atoms with Gasteiger partial charge in [-0.25, -0.2) is 9.18 Å². The van der Waals surface area contributed by atoms with Crippen LogP contribution in [0.5, 0.6) is 0 Å². The maximum Gasteiger partial charge on any atom is 0.319 e. The first-order chi connectivity index (χ1) is 12.0. The quantitative estimate of drug-likeness (QED) is 0.769. The van der Waals surface area contributed by atoms with Gasteiger partial charge in [-0.05, 0) is 43.4 Å². The number of halogens is 1. The first-order valence-electron chi connectivity index (χ1n) is 8.87. The second-order valence-electron chi connectivity index (χ2n) is 7.24. The highest BCUT2D eigenvalue weighted by atomic mass is 19.1. The van der Waals surface area contributed by atoms with E-state index in [4.69, 9.17) is 4.74 Å². The molecule has 1 saturated heterocycles. The monoisotopic (exact) mass is 347 g/mol. The van der Waals surface area contributed by atoms with E-state index in [9.17, 15) is 14.0 Å². The van der Waals surface area contributed by atoms with Gasteiger partial charge in [-0.2, -0.15) is 0 Å². The van der Waals surface area contributed by atoms with E-state index < -0.39 is 11.8 Å². The topological polar surface area (TPSA) is 79.5 Å². The summed E-state index contributed by atoms with van der Waals surface area (Å²) in [6, 6.07) is 2.17. The number of benzene rings is 1. The third-order valence-corrected chi connectivity index (χ3v) is 5.38. The number of rotatable bonds is 2. The minimum absolute atomic E-state index is 0.0444. The van der Waals surface area contributed by atoms with E-state index in [-0.39, 0.29) is 23.2 Å². The van der Waals surface area contributed by atoms with Gasteiger partial charge in [0.05, 0.1) is 29.6 Å². The molecule has 3 amide bonds. The fourth-order valence-electron chi connectivity index (χ4n) is 4.21. The molecule has 2 heterocycles. The average molecular weight is 347 g/mol. The zero-order chi connectivity index (χ0) is 17.4. The Bertz CT molecular complexity index is 716. The van der Waals surface area contributed by atoms with Crippen molar-refractivity contribution in [2.45, 2.75) is 56.6 Å². The van der Waals surface area contributed by atoms with Crippen molar-refractivity contribution in [1.82, 2.24) is 5.32 Å². The van der Waals surface area contributed by atoms with Crippen LogP contribution in [0.2, 0.25) is 0 Å². The van der Waals surface area contributed by atoms with Crippen LogP contribution in [0.25, 0.3) is 0 Å². The van der Waals surface area contributed by atoms with Crippen molar-refractivity contribution in [3.05, 3.63) is 23.5 Å². The molecule has 0 unspecified atom stereocenters. The van der Waals surface area contributed by atoms with Crippen molar-refractivity contribution in [2.24, 2.45) is 0 Å². The molecule has 1 spiro atoms. The molecule has 2 fully saturated rings. The Hall–Kier alpha value is -2.15. The first kappa shape index (κ1) is 16.3. The highest BCUT2D eigenvalue weighted by Crippen LogP contribution is 2.41. The third-order valence-electron chi connectivity index (χ3n) is 5.38. The third kappa shape index (κ3) is 3.33. The van der Waals surface area contributed by atoms with Crippen molar-refractivity contribution in [3.63, 3.8) is 0 Å². The Kier molecular flexibility index (Phi) is 4.11. The van der Waals surface area contributed by atoms with Crippen molar-refractivity contribution < 1.29 is 18.7 Å². The highest BCUT2D eigenvalue weighted by Gasteiger charge is 2.42. The summed E-state index contributed by atoms with van der Waals surface area (Å²) in [7, 11) is 0. The Morgan fingerprint density at radius 2 is 2.08 bits per heavy atom. The number of aryl methyl sites for hydroxylation is 1. The standard InChI is InChI=1S/C18H22FN3O3/c19-12-7-11-3-4-15(23)22-16(11)14(8-12)21-17(24)20-13-9-18(25-10-13)5-1-2-6-18/h7-8,13H,1-6,9-10H2,(H,22,23)(H2,20,21,24)/t13-/m0/s1. The molecular weight excluding hydrogens is 325 g/mol. The average Bonchev–Trinajstić information content (AvgIpc) is 3.18. The van der Waals surface area contributed by atoms with Gasteiger partial charge in [0.2, 0.25) is 5.91 Å². The van der Waals surface area contributed by atoms with Gasteiger partial charge < -0.3 is 20.7 Å². The lowest BCUT2D eigenvalue weighted by Crippen LogP contribution is -2.39. The van der Waals surface area contributed by atoms with E-state index in [0.29, 0.717) is 30.7 Å². The smallest absolute Gasteiger partial charge is 0.319 e. The van der Waals surface area contributed by atoms with E-state index in [1.165, 1.54) is 25.0 Å². The number of ether oxygens (including phenoxy) is 1. The fourth-order valence-corrected chi connectivity index (χ4v) is 4.21. The minimum atomic E-state index is -0.431. The summed E-state index contributed by atoms with van der Waals surface area (Å²) < 4.78 is 19.7. The van der Waals surface area contributed by atoms with Crippen LogP contribution in [0.4, 0.5) is 20.6 Å². The molecule has 0 radical (unpaired) electrons. The molecule has 1 atom stereocenters. The molecule has 0 aromatic heterocycles. The van der Waals surface area contributed by atoms with E-state index in [2.05, 4.69) is 16.0 Å². The van der Waals surface area contributed by atoms with Crippen molar-refractivity contribution in [2.75, 3.05) is 17.2 Å². The maximum absolute atomic E-state index is 13.8. The van der Waals surface area contributed by atoms with Gasteiger partial charge in [0.25, 0.3) is 0 Å². The number of carbonyl (C=O) groups is 2. The highest BCUT2D eigenvalue weighted by molar-refractivity contribution is 6.01. The summed E-state index contributed by atoms with van der Waals surface area (Å²) in [5, 5.41) is 8.30. The molecule has 1 aliphatic carbocycles. The van der Waals surface area contributed by atoms with Gasteiger partial charge in [0.15, 0.2) is 0 Å². The summed E-state index contributed by atoms with van der Waals surface area (Å²) in [4.78, 5) is 24.0. The normalized spacial score (nSPS) is 24.0. The zero-order valence-corrected chi connectivity index (χ0v) is 14.0. The van der Waals surface area contributed by atoms with E-state index in [0.717, 1.165) is 19.3 Å². The Balaban J connectivity index is 1.43. The molecule has 1 saturated carbocycles. The van der Waals surface area contributed by atoms with Crippen LogP contribution in [0, 0.1) is 5.82 Å². The number of hydrogen-bond acceptors (Lipinski definition) is 3. The lowest BCUT2D eigenvalue weighted by atomic mass is 9.96. The number of amides is 3. The first-order valence-corrected chi connectivity index (χ1v) is 8.87. The van der Waals surface area contributed by atoms with Crippen LogP contribution < -0.4 is 16.0 Å². The Morgan fingerprint density at radius 1 is 1.28 bits per heavy atom. The van der Waals surface area contributed by atoms with Crippen LogP contribution in [-0.4, -0.2) is 30.2 Å². The molecule has 4 rings (SSSR count). The van der Waals surface area contributed by atoms with Gasteiger partial charge in [0, 0.05) is 6.42 Å². The number of nitrogens with one attached hydrogen (secondary N) is 3. The van der Waals surface area contributed by atoms with Crippen LogP contribution in [0.1, 0.15) is 44.1 Å². The molecule has 1 aromatic rings. The van der Waals surface area contributed by atoms with Gasteiger partial charge in [0.1, 0.15) is 5.82 Å². The van der Waals surface area contributed by atoms with Gasteiger partial charge in [-0.15, -0.1) is 0 Å². The second kappa shape index (κ2) is 6.29. The van der Waals surface area contributed by atoms with Gasteiger partial charge in [-0.3, -0.25) is 4.79 Å². The molecule has 7 heteroatoms. The summed E-state index contributed by atoms with van der Waals surface area (Å²) >= 11 is 0. The lowest BCUT2D eigenvalue weighted by molar-refractivity contribution is -0.116. The lowest BCUT2D eigenvalue weighted by Gasteiger charge is -2.22. The molecule has 134 valence electrons. The van der Waals surface area contributed by atoms with Crippen molar-refractivity contribution in [1.29, 1.82) is 0 Å².